The average molecular weight is 327 g/mol. The lowest BCUT2D eigenvalue weighted by Crippen LogP contribution is -2.12. The lowest BCUT2D eigenvalue weighted by molar-refractivity contribution is 0.623. The Morgan fingerprint density at radius 3 is 2.79 bits per heavy atom. The monoisotopic (exact) mass is 326 g/mol. The second-order valence-corrected chi connectivity index (χ2v) is 5.15. The SMILES string of the molecule is CCc1c(C(N)CC)nnn1-c1cc(F)ccc1Br. The van der Waals surface area contributed by atoms with Gasteiger partial charge in [0.05, 0.1) is 17.4 Å². The second-order valence-electron chi connectivity index (χ2n) is 4.30. The van der Waals surface area contributed by atoms with Crippen LogP contribution in [0, 0.1) is 5.82 Å². The van der Waals surface area contributed by atoms with Crippen LogP contribution in [0.3, 0.4) is 0 Å². The van der Waals surface area contributed by atoms with E-state index in [9.17, 15) is 4.39 Å². The van der Waals surface area contributed by atoms with Gasteiger partial charge in [-0.15, -0.1) is 5.10 Å². The van der Waals surface area contributed by atoms with Gasteiger partial charge in [0.15, 0.2) is 0 Å². The van der Waals surface area contributed by atoms with Crippen molar-refractivity contribution in [3.05, 3.63) is 39.9 Å². The molecule has 0 aliphatic carbocycles. The van der Waals surface area contributed by atoms with E-state index in [1.165, 1.54) is 12.1 Å². The summed E-state index contributed by atoms with van der Waals surface area (Å²) in [4.78, 5) is 0. The first-order valence-electron chi connectivity index (χ1n) is 6.23. The van der Waals surface area contributed by atoms with Crippen LogP contribution in [0.4, 0.5) is 4.39 Å². The Morgan fingerprint density at radius 2 is 2.16 bits per heavy atom. The van der Waals surface area contributed by atoms with Crippen LogP contribution >= 0.6 is 15.9 Å². The van der Waals surface area contributed by atoms with E-state index >= 15 is 0 Å². The van der Waals surface area contributed by atoms with E-state index in [2.05, 4.69) is 26.2 Å². The summed E-state index contributed by atoms with van der Waals surface area (Å²) in [5.41, 5.74) is 8.36. The van der Waals surface area contributed by atoms with Gasteiger partial charge in [0.25, 0.3) is 0 Å². The number of benzene rings is 1. The normalized spacial score (nSPS) is 12.7. The summed E-state index contributed by atoms with van der Waals surface area (Å²) in [6.07, 6.45) is 1.52. The van der Waals surface area contributed by atoms with E-state index in [1.807, 2.05) is 13.8 Å². The lowest BCUT2D eigenvalue weighted by atomic mass is 10.1. The van der Waals surface area contributed by atoms with E-state index < -0.39 is 0 Å². The minimum absolute atomic E-state index is 0.143. The smallest absolute Gasteiger partial charge is 0.125 e. The summed E-state index contributed by atoms with van der Waals surface area (Å²) >= 11 is 3.41. The molecule has 0 aliphatic heterocycles. The minimum Gasteiger partial charge on any atom is -0.323 e. The molecule has 6 heteroatoms. The van der Waals surface area contributed by atoms with Crippen LogP contribution in [-0.2, 0) is 6.42 Å². The summed E-state index contributed by atoms with van der Waals surface area (Å²) in [6, 6.07) is 4.34. The molecule has 2 aromatic rings. The van der Waals surface area contributed by atoms with Crippen LogP contribution in [0.15, 0.2) is 22.7 Å². The number of nitrogens with two attached hydrogens (primary N) is 1. The van der Waals surface area contributed by atoms with Gasteiger partial charge in [-0.05, 0) is 40.9 Å². The molecule has 0 saturated carbocycles. The molecule has 0 bridgehead atoms. The summed E-state index contributed by atoms with van der Waals surface area (Å²) in [7, 11) is 0. The van der Waals surface area contributed by atoms with Crippen LogP contribution in [-0.4, -0.2) is 15.0 Å². The molecular formula is C13H16BrFN4. The van der Waals surface area contributed by atoms with E-state index in [1.54, 1.807) is 10.7 Å². The zero-order chi connectivity index (χ0) is 14.0. The predicted molar refractivity (Wildman–Crippen MR) is 75.6 cm³/mol. The van der Waals surface area contributed by atoms with Gasteiger partial charge in [-0.3, -0.25) is 0 Å². The molecule has 1 unspecified atom stereocenters. The first-order chi connectivity index (χ1) is 9.08. The van der Waals surface area contributed by atoms with E-state index in [-0.39, 0.29) is 11.9 Å². The van der Waals surface area contributed by atoms with Gasteiger partial charge in [0.1, 0.15) is 11.5 Å². The summed E-state index contributed by atoms with van der Waals surface area (Å²) in [5.74, 6) is -0.308. The lowest BCUT2D eigenvalue weighted by Gasteiger charge is -2.10. The maximum atomic E-state index is 13.4. The van der Waals surface area contributed by atoms with Crippen molar-refractivity contribution >= 4 is 15.9 Å². The summed E-state index contributed by atoms with van der Waals surface area (Å²) in [6.45, 7) is 4.01. The van der Waals surface area contributed by atoms with Gasteiger partial charge in [0, 0.05) is 10.5 Å². The molecule has 1 aromatic heterocycles. The standard InChI is InChI=1S/C13H16BrFN4/c1-3-10(16)13-11(4-2)19(18-17-13)12-7-8(15)5-6-9(12)14/h5-7,10H,3-4,16H2,1-2H3. The Kier molecular flexibility index (Phi) is 4.31. The van der Waals surface area contributed by atoms with Gasteiger partial charge in [-0.25, -0.2) is 9.07 Å². The molecule has 1 heterocycles. The number of nitrogens with zero attached hydrogens (tertiary/aromatic N) is 3. The first kappa shape index (κ1) is 14.1. The van der Waals surface area contributed by atoms with Crippen molar-refractivity contribution in [2.24, 2.45) is 5.73 Å². The number of halogens is 2. The van der Waals surface area contributed by atoms with E-state index in [4.69, 9.17) is 5.73 Å². The highest BCUT2D eigenvalue weighted by molar-refractivity contribution is 9.10. The van der Waals surface area contributed by atoms with Crippen molar-refractivity contribution < 1.29 is 4.39 Å². The molecule has 0 saturated heterocycles. The summed E-state index contributed by atoms with van der Waals surface area (Å²) in [5, 5.41) is 8.27. The third-order valence-corrected chi connectivity index (χ3v) is 3.73. The van der Waals surface area contributed by atoms with Crippen LogP contribution < -0.4 is 5.73 Å². The van der Waals surface area contributed by atoms with Crippen molar-refractivity contribution in [1.29, 1.82) is 0 Å². The molecule has 0 aliphatic rings. The number of hydrogen-bond acceptors (Lipinski definition) is 3. The van der Waals surface area contributed by atoms with Crippen molar-refractivity contribution in [3.8, 4) is 5.69 Å². The highest BCUT2D eigenvalue weighted by Gasteiger charge is 2.18. The molecule has 102 valence electrons. The van der Waals surface area contributed by atoms with Crippen molar-refractivity contribution in [2.45, 2.75) is 32.7 Å². The third-order valence-electron chi connectivity index (χ3n) is 3.06. The van der Waals surface area contributed by atoms with Crippen LogP contribution in [0.1, 0.15) is 37.7 Å². The number of aromatic nitrogens is 3. The summed E-state index contributed by atoms with van der Waals surface area (Å²) < 4.78 is 15.8. The Labute approximate surface area is 119 Å². The molecule has 2 N–H and O–H groups in total. The highest BCUT2D eigenvalue weighted by atomic mass is 79.9. The molecule has 2 rings (SSSR count). The zero-order valence-electron chi connectivity index (χ0n) is 10.9. The van der Waals surface area contributed by atoms with E-state index in [0.29, 0.717) is 5.69 Å². The molecule has 19 heavy (non-hydrogen) atoms. The maximum absolute atomic E-state index is 13.4. The van der Waals surface area contributed by atoms with Crippen molar-refractivity contribution in [2.75, 3.05) is 0 Å². The van der Waals surface area contributed by atoms with Gasteiger partial charge < -0.3 is 5.73 Å². The molecular weight excluding hydrogens is 311 g/mol. The Balaban J connectivity index is 2.56. The average Bonchev–Trinajstić information content (AvgIpc) is 2.84. The molecule has 0 radical (unpaired) electrons. The highest BCUT2D eigenvalue weighted by Crippen LogP contribution is 2.25. The predicted octanol–water partition coefficient (Wildman–Crippen LogP) is 3.14. The second kappa shape index (κ2) is 5.79. The van der Waals surface area contributed by atoms with Crippen molar-refractivity contribution in [1.82, 2.24) is 15.0 Å². The Bertz CT molecular complexity index is 582. The molecule has 4 nitrogen and oxygen atoms in total. The van der Waals surface area contributed by atoms with Crippen LogP contribution in [0.25, 0.3) is 5.69 Å². The van der Waals surface area contributed by atoms with Gasteiger partial charge in [-0.2, -0.15) is 0 Å². The third kappa shape index (κ3) is 2.69. The van der Waals surface area contributed by atoms with Gasteiger partial charge in [-0.1, -0.05) is 19.1 Å². The van der Waals surface area contributed by atoms with Crippen LogP contribution in [0.2, 0.25) is 0 Å². The molecule has 1 aromatic carbocycles. The molecule has 0 amide bonds. The molecule has 0 spiro atoms. The minimum atomic E-state index is -0.308. The van der Waals surface area contributed by atoms with Gasteiger partial charge in [0.2, 0.25) is 0 Å². The Hall–Kier alpha value is -1.27. The van der Waals surface area contributed by atoms with Gasteiger partial charge >= 0.3 is 0 Å². The first-order valence-corrected chi connectivity index (χ1v) is 7.03. The Morgan fingerprint density at radius 1 is 1.42 bits per heavy atom. The maximum Gasteiger partial charge on any atom is 0.125 e. The van der Waals surface area contributed by atoms with Crippen LogP contribution in [0.5, 0.6) is 0 Å². The number of rotatable bonds is 4. The fourth-order valence-corrected chi connectivity index (χ4v) is 2.38. The fourth-order valence-electron chi connectivity index (χ4n) is 1.97. The quantitative estimate of drug-likeness (QED) is 0.938. The molecule has 0 fully saturated rings. The van der Waals surface area contributed by atoms with Crippen molar-refractivity contribution in [3.63, 3.8) is 0 Å². The fraction of sp³-hybridized carbons (Fsp3) is 0.385. The zero-order valence-corrected chi connectivity index (χ0v) is 12.5. The number of hydrogen-bond donors (Lipinski definition) is 1. The molecule has 1 atom stereocenters. The largest absolute Gasteiger partial charge is 0.323 e. The van der Waals surface area contributed by atoms with E-state index in [0.717, 1.165) is 28.7 Å². The topological polar surface area (TPSA) is 56.7 Å².